The molecule has 1 aliphatic heterocycles. The zero-order valence-electron chi connectivity index (χ0n) is 22.3. The van der Waals surface area contributed by atoms with E-state index in [1.54, 1.807) is 0 Å². The van der Waals surface area contributed by atoms with Crippen LogP contribution < -0.4 is 0 Å². The number of likely N-dealkylation sites (tertiary alicyclic amines) is 1. The molecule has 2 fully saturated rings. The van der Waals surface area contributed by atoms with Gasteiger partial charge in [0, 0.05) is 12.6 Å². The minimum atomic E-state index is 0.727. The van der Waals surface area contributed by atoms with Crippen molar-refractivity contribution in [3.8, 4) is 0 Å². The predicted octanol–water partition coefficient (Wildman–Crippen LogP) is 9.43. The fraction of sp³-hybridized carbons (Fsp3) is 0.455. The Morgan fingerprint density at radius 1 is 0.941 bits per heavy atom. The fourth-order valence-corrected chi connectivity index (χ4v) is 4.50. The molecule has 0 bridgehead atoms. The van der Waals surface area contributed by atoms with Crippen molar-refractivity contribution in [3.05, 3.63) is 101 Å². The molecule has 34 heavy (non-hydrogen) atoms. The molecular formula is C33H47N. The molecule has 1 unspecified atom stereocenters. The quantitative estimate of drug-likeness (QED) is 0.299. The van der Waals surface area contributed by atoms with E-state index in [4.69, 9.17) is 0 Å². The normalized spacial score (nSPS) is 20.2. The Morgan fingerprint density at radius 3 is 2.29 bits per heavy atom. The smallest absolute Gasteiger partial charge is 0.00966 e. The van der Waals surface area contributed by atoms with E-state index >= 15 is 0 Å². The number of allylic oxidation sites excluding steroid dienone is 11. The zero-order valence-corrected chi connectivity index (χ0v) is 22.3. The Kier molecular flexibility index (Phi) is 13.3. The highest BCUT2D eigenvalue weighted by atomic mass is 15.2. The van der Waals surface area contributed by atoms with Gasteiger partial charge in [-0.15, -0.1) is 0 Å². The fourth-order valence-electron chi connectivity index (χ4n) is 4.50. The lowest BCUT2D eigenvalue weighted by Crippen LogP contribution is -2.22. The molecular weight excluding hydrogens is 410 g/mol. The molecule has 0 amide bonds. The van der Waals surface area contributed by atoms with Crippen LogP contribution in [0.2, 0.25) is 0 Å². The molecule has 1 aromatic rings. The van der Waals surface area contributed by atoms with E-state index in [1.807, 2.05) is 13.8 Å². The van der Waals surface area contributed by atoms with Crippen LogP contribution in [0.15, 0.2) is 90.1 Å². The first kappa shape index (κ1) is 27.9. The second-order valence-electron chi connectivity index (χ2n) is 9.05. The maximum atomic E-state index is 2.69. The van der Waals surface area contributed by atoms with Gasteiger partial charge in [0.1, 0.15) is 0 Å². The minimum Gasteiger partial charge on any atom is -0.300 e. The summed E-state index contributed by atoms with van der Waals surface area (Å²) in [7, 11) is 0. The summed E-state index contributed by atoms with van der Waals surface area (Å²) in [5.74, 6) is 0.727. The highest BCUT2D eigenvalue weighted by Gasteiger charge is 2.34. The summed E-state index contributed by atoms with van der Waals surface area (Å²) in [5.41, 5.74) is 5.52. The third-order valence-electron chi connectivity index (χ3n) is 6.55. The summed E-state index contributed by atoms with van der Waals surface area (Å²) >= 11 is 0. The first-order valence-corrected chi connectivity index (χ1v) is 13.6. The molecule has 1 aromatic carbocycles. The van der Waals surface area contributed by atoms with Crippen molar-refractivity contribution >= 4 is 6.08 Å². The van der Waals surface area contributed by atoms with Crippen molar-refractivity contribution in [2.45, 2.75) is 85.1 Å². The van der Waals surface area contributed by atoms with Crippen molar-refractivity contribution in [2.24, 2.45) is 0 Å². The van der Waals surface area contributed by atoms with Gasteiger partial charge in [-0.2, -0.15) is 0 Å². The van der Waals surface area contributed by atoms with E-state index in [9.17, 15) is 0 Å². The number of hydrogen-bond acceptors (Lipinski definition) is 1. The Hall–Kier alpha value is -2.38. The molecule has 0 N–H and O–H groups in total. The van der Waals surface area contributed by atoms with Crippen LogP contribution in [0, 0.1) is 0 Å². The summed E-state index contributed by atoms with van der Waals surface area (Å²) in [4.78, 5) is 2.69. The summed E-state index contributed by atoms with van der Waals surface area (Å²) in [5, 5.41) is 0. The molecule has 1 saturated heterocycles. The lowest BCUT2D eigenvalue weighted by molar-refractivity contribution is 0.324. The molecule has 184 valence electrons. The van der Waals surface area contributed by atoms with Crippen molar-refractivity contribution in [1.29, 1.82) is 0 Å². The average molecular weight is 458 g/mol. The minimum absolute atomic E-state index is 0.727. The van der Waals surface area contributed by atoms with Crippen LogP contribution in [-0.4, -0.2) is 24.0 Å². The first-order valence-electron chi connectivity index (χ1n) is 13.6. The Bertz CT molecular complexity index is 872. The lowest BCUT2D eigenvalue weighted by Gasteiger charge is -2.15. The largest absolute Gasteiger partial charge is 0.300 e. The summed E-state index contributed by atoms with van der Waals surface area (Å²) in [6, 6.07) is 10.1. The van der Waals surface area contributed by atoms with Gasteiger partial charge in [-0.25, -0.2) is 0 Å². The molecule has 0 aromatic heterocycles. The van der Waals surface area contributed by atoms with E-state index in [1.165, 1.54) is 67.5 Å². The SMILES string of the molecule is CC.C\C=C/C(=C\C)C(=C/C=C/C=C\C=C/c1ccc(C2CCN(C3CC3)C2)cc1)/CCCC. The van der Waals surface area contributed by atoms with Gasteiger partial charge in [0.25, 0.3) is 0 Å². The van der Waals surface area contributed by atoms with Gasteiger partial charge >= 0.3 is 0 Å². The highest BCUT2D eigenvalue weighted by molar-refractivity contribution is 5.52. The van der Waals surface area contributed by atoms with Crippen molar-refractivity contribution in [3.63, 3.8) is 0 Å². The second-order valence-corrected chi connectivity index (χ2v) is 9.05. The van der Waals surface area contributed by atoms with Gasteiger partial charge in [-0.05, 0) is 80.7 Å². The van der Waals surface area contributed by atoms with E-state index in [2.05, 4.69) is 111 Å². The van der Waals surface area contributed by atoms with Crippen LogP contribution in [0.5, 0.6) is 0 Å². The summed E-state index contributed by atoms with van der Waals surface area (Å²) in [6.07, 6.45) is 29.3. The van der Waals surface area contributed by atoms with Crippen molar-refractivity contribution < 1.29 is 0 Å². The molecule has 1 nitrogen and oxygen atoms in total. The standard InChI is InChI=1S/C31H41N.C2H6/c1-4-7-15-28(27(6-3)13-5-2)16-12-10-8-9-11-14-26-17-19-29(20-18-26)30-23-24-32(25-30)31-21-22-31;1-2/h5-6,8-14,16-20,30-31H,4,7,15,21-25H2,1-3H3;1-2H3/b9-8-,12-10+,13-5-,14-11-,27-6+,28-16+;. The molecule has 0 radical (unpaired) electrons. The maximum absolute atomic E-state index is 2.69. The lowest BCUT2D eigenvalue weighted by atomic mass is 9.97. The van der Waals surface area contributed by atoms with Gasteiger partial charge in [-0.1, -0.05) is 112 Å². The van der Waals surface area contributed by atoms with Gasteiger partial charge < -0.3 is 0 Å². The van der Waals surface area contributed by atoms with Gasteiger partial charge in [0.2, 0.25) is 0 Å². The van der Waals surface area contributed by atoms with Gasteiger partial charge in [0.15, 0.2) is 0 Å². The highest BCUT2D eigenvalue weighted by Crippen LogP contribution is 2.35. The van der Waals surface area contributed by atoms with Crippen LogP contribution in [-0.2, 0) is 0 Å². The number of nitrogens with zero attached hydrogens (tertiary/aromatic N) is 1. The zero-order chi connectivity index (χ0) is 24.6. The summed E-state index contributed by atoms with van der Waals surface area (Å²) < 4.78 is 0. The Morgan fingerprint density at radius 2 is 1.65 bits per heavy atom. The van der Waals surface area contributed by atoms with E-state index in [0.717, 1.165) is 18.4 Å². The topological polar surface area (TPSA) is 3.24 Å². The second kappa shape index (κ2) is 16.3. The van der Waals surface area contributed by atoms with E-state index in [0.29, 0.717) is 0 Å². The van der Waals surface area contributed by atoms with Crippen molar-refractivity contribution in [2.75, 3.05) is 13.1 Å². The van der Waals surface area contributed by atoms with Crippen molar-refractivity contribution in [1.82, 2.24) is 4.90 Å². The van der Waals surface area contributed by atoms with E-state index in [-0.39, 0.29) is 0 Å². The number of hydrogen-bond donors (Lipinski definition) is 0. The molecule has 1 aliphatic carbocycles. The summed E-state index contributed by atoms with van der Waals surface area (Å²) in [6.45, 7) is 13.0. The molecule has 0 spiro atoms. The van der Waals surface area contributed by atoms with Gasteiger partial charge in [-0.3, -0.25) is 4.90 Å². The van der Waals surface area contributed by atoms with Crippen LogP contribution >= 0.6 is 0 Å². The molecule has 1 saturated carbocycles. The molecule has 1 atom stereocenters. The Balaban J connectivity index is 0.00000199. The van der Waals surface area contributed by atoms with Crippen LogP contribution in [0.3, 0.4) is 0 Å². The number of unbranched alkanes of at least 4 members (excludes halogenated alkanes) is 1. The molecule has 1 heteroatoms. The van der Waals surface area contributed by atoms with E-state index < -0.39 is 0 Å². The average Bonchev–Trinajstić information content (AvgIpc) is 3.62. The third kappa shape index (κ3) is 9.47. The monoisotopic (exact) mass is 457 g/mol. The van der Waals surface area contributed by atoms with Gasteiger partial charge in [0.05, 0.1) is 0 Å². The third-order valence-corrected chi connectivity index (χ3v) is 6.55. The van der Waals surface area contributed by atoms with Crippen LogP contribution in [0.4, 0.5) is 0 Å². The molecule has 1 heterocycles. The first-order chi connectivity index (χ1) is 16.7. The predicted molar refractivity (Wildman–Crippen MR) is 153 cm³/mol. The molecule has 2 aliphatic rings. The van der Waals surface area contributed by atoms with Crippen LogP contribution in [0.1, 0.15) is 90.2 Å². The maximum Gasteiger partial charge on any atom is 0.00966 e. The number of rotatable bonds is 11. The van der Waals surface area contributed by atoms with Crippen LogP contribution in [0.25, 0.3) is 6.08 Å². The Labute approximate surface area is 210 Å². The number of benzene rings is 1. The molecule has 3 rings (SSSR count).